The molecule has 18 heavy (non-hydrogen) atoms. The summed E-state index contributed by atoms with van der Waals surface area (Å²) in [5, 5.41) is 0. The second-order valence-corrected chi connectivity index (χ2v) is 3.97. The summed E-state index contributed by atoms with van der Waals surface area (Å²) in [5.74, 6) is 1.40. The van der Waals surface area contributed by atoms with E-state index in [1.165, 1.54) is 0 Å². The minimum absolute atomic E-state index is 0.445. The van der Waals surface area contributed by atoms with E-state index in [9.17, 15) is 0 Å². The highest BCUT2D eigenvalue weighted by molar-refractivity contribution is 5.42. The molecule has 1 aromatic carbocycles. The number of hydrogen-bond donors (Lipinski definition) is 1. The quantitative estimate of drug-likeness (QED) is 0.869. The number of imidazole rings is 1. The number of benzene rings is 1. The highest BCUT2D eigenvalue weighted by Crippen LogP contribution is 2.28. The molecule has 0 bridgehead atoms. The standard InChI is InChI=1S/C13H17N3O2/c1-16-9-15-7-11(16)8-18-13-5-10(6-14)3-4-12(13)17-2/h3-5,7,9H,6,8,14H2,1-2H3. The topological polar surface area (TPSA) is 62.3 Å². The number of hydrogen-bond acceptors (Lipinski definition) is 4. The van der Waals surface area contributed by atoms with Gasteiger partial charge in [-0.3, -0.25) is 0 Å². The third-order valence-corrected chi connectivity index (χ3v) is 2.76. The van der Waals surface area contributed by atoms with Crippen LogP contribution in [0.1, 0.15) is 11.3 Å². The Morgan fingerprint density at radius 1 is 1.33 bits per heavy atom. The number of ether oxygens (including phenoxy) is 2. The molecule has 0 atom stereocenters. The highest BCUT2D eigenvalue weighted by atomic mass is 16.5. The maximum atomic E-state index is 5.75. The maximum absolute atomic E-state index is 5.75. The summed E-state index contributed by atoms with van der Waals surface area (Å²) >= 11 is 0. The molecular formula is C13H17N3O2. The van der Waals surface area contributed by atoms with Crippen LogP contribution >= 0.6 is 0 Å². The molecule has 1 heterocycles. The van der Waals surface area contributed by atoms with Crippen molar-refractivity contribution in [2.45, 2.75) is 13.2 Å². The van der Waals surface area contributed by atoms with E-state index in [1.54, 1.807) is 19.6 Å². The molecule has 2 N–H and O–H groups in total. The Morgan fingerprint density at radius 2 is 2.17 bits per heavy atom. The highest BCUT2D eigenvalue weighted by Gasteiger charge is 2.07. The largest absolute Gasteiger partial charge is 0.493 e. The predicted octanol–water partition coefficient (Wildman–Crippen LogP) is 1.47. The van der Waals surface area contributed by atoms with Crippen LogP contribution in [-0.4, -0.2) is 16.7 Å². The molecule has 0 aliphatic heterocycles. The first-order chi connectivity index (χ1) is 8.74. The summed E-state index contributed by atoms with van der Waals surface area (Å²) < 4.78 is 12.9. The van der Waals surface area contributed by atoms with Gasteiger partial charge in [0.05, 0.1) is 25.3 Å². The van der Waals surface area contributed by atoms with Gasteiger partial charge in [0, 0.05) is 13.6 Å². The normalized spacial score (nSPS) is 10.4. The van der Waals surface area contributed by atoms with Crippen LogP contribution in [0.25, 0.3) is 0 Å². The molecule has 0 spiro atoms. The molecule has 0 aliphatic rings. The van der Waals surface area contributed by atoms with Gasteiger partial charge in [-0.25, -0.2) is 4.98 Å². The number of methoxy groups -OCH3 is 1. The molecule has 0 saturated heterocycles. The summed E-state index contributed by atoms with van der Waals surface area (Å²) in [7, 11) is 3.55. The van der Waals surface area contributed by atoms with E-state index in [-0.39, 0.29) is 0 Å². The molecule has 2 aromatic rings. The van der Waals surface area contributed by atoms with Crippen molar-refractivity contribution in [2.75, 3.05) is 7.11 Å². The van der Waals surface area contributed by atoms with E-state index in [4.69, 9.17) is 15.2 Å². The van der Waals surface area contributed by atoms with Crippen LogP contribution in [0.3, 0.4) is 0 Å². The lowest BCUT2D eigenvalue weighted by atomic mass is 10.2. The zero-order valence-electron chi connectivity index (χ0n) is 10.6. The fourth-order valence-corrected chi connectivity index (χ4v) is 1.64. The van der Waals surface area contributed by atoms with Gasteiger partial charge in [-0.1, -0.05) is 6.07 Å². The summed E-state index contributed by atoms with van der Waals surface area (Å²) in [6.45, 7) is 0.924. The van der Waals surface area contributed by atoms with Crippen molar-refractivity contribution in [1.29, 1.82) is 0 Å². The van der Waals surface area contributed by atoms with E-state index < -0.39 is 0 Å². The van der Waals surface area contributed by atoms with Gasteiger partial charge in [0.1, 0.15) is 6.61 Å². The van der Waals surface area contributed by atoms with Gasteiger partial charge in [0.15, 0.2) is 11.5 Å². The molecule has 5 nitrogen and oxygen atoms in total. The lowest BCUT2D eigenvalue weighted by Gasteiger charge is -2.12. The van der Waals surface area contributed by atoms with Crippen molar-refractivity contribution < 1.29 is 9.47 Å². The van der Waals surface area contributed by atoms with Crippen molar-refractivity contribution in [3.63, 3.8) is 0 Å². The molecule has 2 rings (SSSR count). The number of aromatic nitrogens is 2. The zero-order valence-corrected chi connectivity index (χ0v) is 10.6. The van der Waals surface area contributed by atoms with Gasteiger partial charge >= 0.3 is 0 Å². The van der Waals surface area contributed by atoms with Crippen molar-refractivity contribution in [3.05, 3.63) is 42.0 Å². The summed E-state index contributed by atoms with van der Waals surface area (Å²) in [6, 6.07) is 5.69. The number of rotatable bonds is 5. The lowest BCUT2D eigenvalue weighted by molar-refractivity contribution is 0.277. The zero-order chi connectivity index (χ0) is 13.0. The van der Waals surface area contributed by atoms with E-state index in [1.807, 2.05) is 29.8 Å². The van der Waals surface area contributed by atoms with E-state index in [0.717, 1.165) is 11.3 Å². The lowest BCUT2D eigenvalue weighted by Crippen LogP contribution is -2.03. The first-order valence-electron chi connectivity index (χ1n) is 5.69. The smallest absolute Gasteiger partial charge is 0.162 e. The van der Waals surface area contributed by atoms with Crippen molar-refractivity contribution in [2.24, 2.45) is 12.8 Å². The third kappa shape index (κ3) is 2.62. The first kappa shape index (κ1) is 12.4. The Morgan fingerprint density at radius 3 is 2.78 bits per heavy atom. The van der Waals surface area contributed by atoms with Crippen molar-refractivity contribution >= 4 is 0 Å². The summed E-state index contributed by atoms with van der Waals surface area (Å²) in [5.41, 5.74) is 7.62. The van der Waals surface area contributed by atoms with Gasteiger partial charge in [0.25, 0.3) is 0 Å². The number of nitrogens with zero attached hydrogens (tertiary/aromatic N) is 2. The first-order valence-corrected chi connectivity index (χ1v) is 5.69. The van der Waals surface area contributed by atoms with Crippen LogP contribution in [-0.2, 0) is 20.2 Å². The summed E-state index contributed by atoms with van der Waals surface area (Å²) in [4.78, 5) is 4.04. The molecule has 96 valence electrons. The minimum atomic E-state index is 0.445. The molecule has 0 saturated carbocycles. The Balaban J connectivity index is 2.14. The van der Waals surface area contributed by atoms with Crippen LogP contribution in [0.5, 0.6) is 11.5 Å². The molecular weight excluding hydrogens is 230 g/mol. The number of nitrogens with two attached hydrogens (primary N) is 1. The van der Waals surface area contributed by atoms with Crippen LogP contribution in [0.2, 0.25) is 0 Å². The molecule has 1 aromatic heterocycles. The molecule has 0 amide bonds. The summed E-state index contributed by atoms with van der Waals surface area (Å²) in [6.07, 6.45) is 3.52. The van der Waals surface area contributed by atoms with Gasteiger partial charge in [-0.2, -0.15) is 0 Å². The van der Waals surface area contributed by atoms with Crippen LogP contribution < -0.4 is 15.2 Å². The Labute approximate surface area is 106 Å². The van der Waals surface area contributed by atoms with Crippen LogP contribution in [0, 0.1) is 0 Å². The van der Waals surface area contributed by atoms with E-state index in [2.05, 4.69) is 4.98 Å². The Hall–Kier alpha value is -2.01. The molecule has 0 aliphatic carbocycles. The van der Waals surface area contributed by atoms with E-state index in [0.29, 0.717) is 24.7 Å². The molecule has 0 fully saturated rings. The van der Waals surface area contributed by atoms with Crippen molar-refractivity contribution in [3.8, 4) is 11.5 Å². The number of aryl methyl sites for hydroxylation is 1. The average molecular weight is 247 g/mol. The minimum Gasteiger partial charge on any atom is -0.493 e. The molecule has 0 unspecified atom stereocenters. The van der Waals surface area contributed by atoms with Gasteiger partial charge in [0.2, 0.25) is 0 Å². The second kappa shape index (κ2) is 5.55. The monoisotopic (exact) mass is 247 g/mol. The Kier molecular flexibility index (Phi) is 3.84. The van der Waals surface area contributed by atoms with Crippen LogP contribution in [0.4, 0.5) is 0 Å². The van der Waals surface area contributed by atoms with Crippen molar-refractivity contribution in [1.82, 2.24) is 9.55 Å². The Bertz CT molecular complexity index is 523. The van der Waals surface area contributed by atoms with Crippen LogP contribution in [0.15, 0.2) is 30.7 Å². The van der Waals surface area contributed by atoms with Gasteiger partial charge in [-0.15, -0.1) is 0 Å². The maximum Gasteiger partial charge on any atom is 0.162 e. The molecule has 0 radical (unpaired) electrons. The fourth-order valence-electron chi connectivity index (χ4n) is 1.64. The van der Waals surface area contributed by atoms with Gasteiger partial charge < -0.3 is 19.8 Å². The third-order valence-electron chi connectivity index (χ3n) is 2.76. The predicted molar refractivity (Wildman–Crippen MR) is 68.4 cm³/mol. The fraction of sp³-hybridized carbons (Fsp3) is 0.308. The second-order valence-electron chi connectivity index (χ2n) is 3.97. The van der Waals surface area contributed by atoms with Gasteiger partial charge in [-0.05, 0) is 17.7 Å². The van der Waals surface area contributed by atoms with E-state index >= 15 is 0 Å². The molecule has 5 heteroatoms. The average Bonchev–Trinajstić information content (AvgIpc) is 2.81. The SMILES string of the molecule is COc1ccc(CN)cc1OCc1cncn1C.